The average Bonchev–Trinajstić information content (AvgIpc) is 2.69. The van der Waals surface area contributed by atoms with Gasteiger partial charge < -0.3 is 10.4 Å². The SMILES string of the molecule is CCCC(NC(=O)Cn1cncn1)C(=O)O. The second-order valence-electron chi connectivity index (χ2n) is 3.34. The highest BCUT2D eigenvalue weighted by atomic mass is 16.4. The molecule has 1 rings (SSSR count). The summed E-state index contributed by atoms with van der Waals surface area (Å²) in [5.41, 5.74) is 0. The zero-order valence-corrected chi connectivity index (χ0v) is 8.96. The van der Waals surface area contributed by atoms with E-state index in [-0.39, 0.29) is 12.5 Å². The maximum Gasteiger partial charge on any atom is 0.326 e. The van der Waals surface area contributed by atoms with Crippen LogP contribution in [-0.2, 0) is 16.1 Å². The third kappa shape index (κ3) is 3.68. The van der Waals surface area contributed by atoms with Crippen LogP contribution in [0.3, 0.4) is 0 Å². The van der Waals surface area contributed by atoms with Crippen LogP contribution in [0.25, 0.3) is 0 Å². The summed E-state index contributed by atoms with van der Waals surface area (Å²) in [6.07, 6.45) is 3.82. The molecule has 1 amide bonds. The fourth-order valence-corrected chi connectivity index (χ4v) is 1.25. The summed E-state index contributed by atoms with van der Waals surface area (Å²) in [5, 5.41) is 15.0. The Labute approximate surface area is 92.5 Å². The molecular weight excluding hydrogens is 212 g/mol. The molecule has 2 N–H and O–H groups in total. The molecule has 1 aromatic heterocycles. The number of aromatic nitrogens is 3. The molecule has 0 saturated heterocycles. The number of carboxylic acid groups (broad SMARTS) is 1. The normalized spacial score (nSPS) is 12.1. The van der Waals surface area contributed by atoms with E-state index < -0.39 is 12.0 Å². The average molecular weight is 226 g/mol. The fraction of sp³-hybridized carbons (Fsp3) is 0.556. The van der Waals surface area contributed by atoms with Crippen LogP contribution in [0.2, 0.25) is 0 Å². The number of aliphatic carboxylic acids is 1. The predicted molar refractivity (Wildman–Crippen MR) is 54.5 cm³/mol. The highest BCUT2D eigenvalue weighted by molar-refractivity contribution is 5.83. The maximum atomic E-state index is 11.4. The Morgan fingerprint density at radius 1 is 1.56 bits per heavy atom. The van der Waals surface area contributed by atoms with Crippen LogP contribution in [0, 0.1) is 0 Å². The summed E-state index contributed by atoms with van der Waals surface area (Å²) in [7, 11) is 0. The van der Waals surface area contributed by atoms with Crippen molar-refractivity contribution in [3.05, 3.63) is 12.7 Å². The molecule has 0 aliphatic carbocycles. The summed E-state index contributed by atoms with van der Waals surface area (Å²) in [5.74, 6) is -1.40. The first kappa shape index (κ1) is 12.2. The molecule has 88 valence electrons. The van der Waals surface area contributed by atoms with Crippen molar-refractivity contribution in [1.29, 1.82) is 0 Å². The van der Waals surface area contributed by atoms with Crippen molar-refractivity contribution in [2.24, 2.45) is 0 Å². The van der Waals surface area contributed by atoms with Gasteiger partial charge in [0.25, 0.3) is 0 Å². The molecule has 0 bridgehead atoms. The smallest absolute Gasteiger partial charge is 0.326 e. The van der Waals surface area contributed by atoms with Crippen molar-refractivity contribution in [2.75, 3.05) is 0 Å². The van der Waals surface area contributed by atoms with E-state index in [9.17, 15) is 9.59 Å². The molecule has 1 atom stereocenters. The van der Waals surface area contributed by atoms with Gasteiger partial charge in [-0.2, -0.15) is 5.10 Å². The Balaban J connectivity index is 2.45. The molecule has 0 saturated carbocycles. The Bertz CT molecular complexity index is 350. The van der Waals surface area contributed by atoms with E-state index in [1.807, 2.05) is 6.92 Å². The molecule has 1 aromatic rings. The number of nitrogens with zero attached hydrogens (tertiary/aromatic N) is 3. The lowest BCUT2D eigenvalue weighted by Gasteiger charge is -2.13. The number of nitrogens with one attached hydrogen (secondary N) is 1. The first-order chi connectivity index (χ1) is 7.63. The van der Waals surface area contributed by atoms with E-state index in [1.54, 1.807) is 0 Å². The quantitative estimate of drug-likeness (QED) is 0.690. The second-order valence-corrected chi connectivity index (χ2v) is 3.34. The summed E-state index contributed by atoms with van der Waals surface area (Å²) < 4.78 is 1.33. The molecule has 0 aromatic carbocycles. The lowest BCUT2D eigenvalue weighted by molar-refractivity contribution is -0.142. The van der Waals surface area contributed by atoms with E-state index in [0.717, 1.165) is 0 Å². The lowest BCUT2D eigenvalue weighted by Crippen LogP contribution is -2.42. The molecule has 0 aliphatic rings. The van der Waals surface area contributed by atoms with Crippen molar-refractivity contribution < 1.29 is 14.7 Å². The number of hydrogen-bond donors (Lipinski definition) is 2. The topological polar surface area (TPSA) is 97.1 Å². The van der Waals surface area contributed by atoms with Crippen LogP contribution >= 0.6 is 0 Å². The van der Waals surface area contributed by atoms with E-state index in [1.165, 1.54) is 17.3 Å². The first-order valence-electron chi connectivity index (χ1n) is 4.98. The number of hydrogen-bond acceptors (Lipinski definition) is 4. The number of amides is 1. The maximum absolute atomic E-state index is 11.4. The van der Waals surface area contributed by atoms with E-state index in [2.05, 4.69) is 15.4 Å². The molecule has 0 aliphatic heterocycles. The summed E-state index contributed by atoms with van der Waals surface area (Å²) in [6.45, 7) is 1.84. The van der Waals surface area contributed by atoms with Gasteiger partial charge in [-0.15, -0.1) is 0 Å². The van der Waals surface area contributed by atoms with Crippen LogP contribution < -0.4 is 5.32 Å². The first-order valence-corrected chi connectivity index (χ1v) is 4.98. The lowest BCUT2D eigenvalue weighted by atomic mass is 10.2. The van der Waals surface area contributed by atoms with Gasteiger partial charge in [0.1, 0.15) is 25.2 Å². The van der Waals surface area contributed by atoms with Crippen molar-refractivity contribution in [3.8, 4) is 0 Å². The summed E-state index contributed by atoms with van der Waals surface area (Å²) >= 11 is 0. The summed E-state index contributed by atoms with van der Waals surface area (Å²) in [6, 6.07) is -0.832. The van der Waals surface area contributed by atoms with Gasteiger partial charge in [-0.25, -0.2) is 14.5 Å². The largest absolute Gasteiger partial charge is 0.480 e. The number of rotatable bonds is 6. The van der Waals surface area contributed by atoms with E-state index >= 15 is 0 Å². The highest BCUT2D eigenvalue weighted by Crippen LogP contribution is 1.97. The van der Waals surface area contributed by atoms with E-state index in [4.69, 9.17) is 5.11 Å². The fourth-order valence-electron chi connectivity index (χ4n) is 1.25. The Hall–Kier alpha value is -1.92. The van der Waals surface area contributed by atoms with Crippen LogP contribution in [-0.4, -0.2) is 37.8 Å². The molecule has 7 heteroatoms. The van der Waals surface area contributed by atoms with Gasteiger partial charge in [-0.3, -0.25) is 4.79 Å². The van der Waals surface area contributed by atoms with Gasteiger partial charge in [0.15, 0.2) is 0 Å². The van der Waals surface area contributed by atoms with Crippen LogP contribution in [0.1, 0.15) is 19.8 Å². The Morgan fingerprint density at radius 2 is 2.31 bits per heavy atom. The third-order valence-electron chi connectivity index (χ3n) is 1.98. The second kappa shape index (κ2) is 5.84. The Morgan fingerprint density at radius 3 is 2.81 bits per heavy atom. The standard InChI is InChI=1S/C9H14N4O3/c1-2-3-7(9(15)16)12-8(14)4-13-6-10-5-11-13/h5-7H,2-4H2,1H3,(H,12,14)(H,15,16). The van der Waals surface area contributed by atoms with Gasteiger partial charge in [0.05, 0.1) is 0 Å². The van der Waals surface area contributed by atoms with Gasteiger partial charge in [-0.1, -0.05) is 13.3 Å². The van der Waals surface area contributed by atoms with Crippen LogP contribution in [0.4, 0.5) is 0 Å². The van der Waals surface area contributed by atoms with Crippen molar-refractivity contribution >= 4 is 11.9 Å². The monoisotopic (exact) mass is 226 g/mol. The molecule has 0 spiro atoms. The predicted octanol–water partition coefficient (Wildman–Crippen LogP) is -0.352. The van der Waals surface area contributed by atoms with Crippen molar-refractivity contribution in [1.82, 2.24) is 20.1 Å². The van der Waals surface area contributed by atoms with Gasteiger partial charge in [0.2, 0.25) is 5.91 Å². The van der Waals surface area contributed by atoms with Gasteiger partial charge >= 0.3 is 5.97 Å². The third-order valence-corrected chi connectivity index (χ3v) is 1.98. The molecule has 0 fully saturated rings. The highest BCUT2D eigenvalue weighted by Gasteiger charge is 2.18. The number of carboxylic acids is 1. The molecule has 7 nitrogen and oxygen atoms in total. The number of carbonyl (C=O) groups is 2. The Kier molecular flexibility index (Phi) is 4.43. The minimum atomic E-state index is -1.02. The molecule has 0 radical (unpaired) electrons. The minimum absolute atomic E-state index is 0.0203. The zero-order chi connectivity index (χ0) is 12.0. The van der Waals surface area contributed by atoms with Gasteiger partial charge in [0, 0.05) is 0 Å². The summed E-state index contributed by atoms with van der Waals surface area (Å²) in [4.78, 5) is 25.9. The molecular formula is C9H14N4O3. The van der Waals surface area contributed by atoms with Crippen molar-refractivity contribution in [3.63, 3.8) is 0 Å². The van der Waals surface area contributed by atoms with Gasteiger partial charge in [-0.05, 0) is 6.42 Å². The molecule has 16 heavy (non-hydrogen) atoms. The van der Waals surface area contributed by atoms with Crippen LogP contribution in [0.5, 0.6) is 0 Å². The van der Waals surface area contributed by atoms with Crippen LogP contribution in [0.15, 0.2) is 12.7 Å². The molecule has 1 heterocycles. The molecule has 1 unspecified atom stereocenters. The van der Waals surface area contributed by atoms with E-state index in [0.29, 0.717) is 12.8 Å². The number of carbonyl (C=O) groups excluding carboxylic acids is 1. The minimum Gasteiger partial charge on any atom is -0.480 e. The van der Waals surface area contributed by atoms with Crippen molar-refractivity contribution in [2.45, 2.75) is 32.4 Å². The zero-order valence-electron chi connectivity index (χ0n) is 8.96.